The lowest BCUT2D eigenvalue weighted by Gasteiger charge is -2.35. The van der Waals surface area contributed by atoms with Crippen molar-refractivity contribution in [2.45, 2.75) is 39.2 Å². The molecule has 0 spiro atoms. The van der Waals surface area contributed by atoms with Crippen LogP contribution in [0.3, 0.4) is 0 Å². The topological polar surface area (TPSA) is 53.1 Å². The molecule has 0 aromatic rings. The monoisotopic (exact) mass is 299 g/mol. The van der Waals surface area contributed by atoms with Gasteiger partial charge in [0.15, 0.2) is 0 Å². The SMILES string of the molecule is CN(C)C(=O)N(C)CC1CCN(C(=O)OC(C)(C)C)CC1. The number of hydrogen-bond donors (Lipinski definition) is 0. The molecule has 1 rings (SSSR count). The third-order valence-corrected chi connectivity index (χ3v) is 3.51. The summed E-state index contributed by atoms with van der Waals surface area (Å²) in [6, 6.07) is 0.0181. The molecule has 6 heteroatoms. The van der Waals surface area contributed by atoms with Gasteiger partial charge in [0.2, 0.25) is 0 Å². The average molecular weight is 299 g/mol. The molecule has 1 aliphatic rings. The molecule has 122 valence electrons. The van der Waals surface area contributed by atoms with Crippen molar-refractivity contribution in [1.29, 1.82) is 0 Å². The zero-order chi connectivity index (χ0) is 16.2. The van der Waals surface area contributed by atoms with Crippen LogP contribution in [0.2, 0.25) is 0 Å². The van der Waals surface area contributed by atoms with Gasteiger partial charge in [-0.15, -0.1) is 0 Å². The lowest BCUT2D eigenvalue weighted by Crippen LogP contribution is -2.45. The van der Waals surface area contributed by atoms with Crippen molar-refractivity contribution in [3.63, 3.8) is 0 Å². The second-order valence-corrected chi connectivity index (χ2v) is 6.97. The summed E-state index contributed by atoms with van der Waals surface area (Å²) in [4.78, 5) is 28.9. The molecule has 0 aromatic carbocycles. The fraction of sp³-hybridized carbons (Fsp3) is 0.867. The Morgan fingerprint density at radius 1 is 1.14 bits per heavy atom. The van der Waals surface area contributed by atoms with E-state index in [4.69, 9.17) is 4.74 Å². The minimum absolute atomic E-state index is 0.0181. The van der Waals surface area contributed by atoms with Gasteiger partial charge in [0.1, 0.15) is 5.60 Å². The largest absolute Gasteiger partial charge is 0.444 e. The fourth-order valence-electron chi connectivity index (χ4n) is 2.43. The highest BCUT2D eigenvalue weighted by atomic mass is 16.6. The number of amides is 3. The number of ether oxygens (including phenoxy) is 1. The lowest BCUT2D eigenvalue weighted by molar-refractivity contribution is 0.0175. The van der Waals surface area contributed by atoms with Crippen LogP contribution in [0.4, 0.5) is 9.59 Å². The summed E-state index contributed by atoms with van der Waals surface area (Å²) in [6.07, 6.45) is 1.58. The van der Waals surface area contributed by atoms with E-state index in [0.29, 0.717) is 19.0 Å². The predicted molar refractivity (Wildman–Crippen MR) is 82.2 cm³/mol. The van der Waals surface area contributed by atoms with Crippen LogP contribution in [0.5, 0.6) is 0 Å². The molecule has 21 heavy (non-hydrogen) atoms. The number of carbonyl (C=O) groups is 2. The zero-order valence-corrected chi connectivity index (χ0v) is 14.2. The highest BCUT2D eigenvalue weighted by molar-refractivity contribution is 5.73. The quantitative estimate of drug-likeness (QED) is 0.786. The number of carbonyl (C=O) groups excluding carboxylic acids is 2. The standard InChI is InChI=1S/C15H29N3O3/c1-15(2,3)21-14(20)18-9-7-12(8-10-18)11-17(6)13(19)16(4)5/h12H,7-11H2,1-6H3. The van der Waals surface area contributed by atoms with Gasteiger partial charge in [0.25, 0.3) is 0 Å². The van der Waals surface area contributed by atoms with E-state index >= 15 is 0 Å². The van der Waals surface area contributed by atoms with E-state index in [9.17, 15) is 9.59 Å². The van der Waals surface area contributed by atoms with Crippen LogP contribution in [0.15, 0.2) is 0 Å². The van der Waals surface area contributed by atoms with E-state index in [2.05, 4.69) is 0 Å². The molecule has 1 heterocycles. The number of nitrogens with zero attached hydrogens (tertiary/aromatic N) is 3. The molecule has 0 radical (unpaired) electrons. The van der Waals surface area contributed by atoms with Crippen molar-refractivity contribution >= 4 is 12.1 Å². The Labute approximate surface area is 128 Å². The number of likely N-dealkylation sites (tertiary alicyclic amines) is 1. The molecule has 0 bridgehead atoms. The van der Waals surface area contributed by atoms with E-state index in [1.807, 2.05) is 27.8 Å². The smallest absolute Gasteiger partial charge is 0.410 e. The van der Waals surface area contributed by atoms with Gasteiger partial charge in [0.05, 0.1) is 0 Å². The number of urea groups is 1. The van der Waals surface area contributed by atoms with Crippen molar-refractivity contribution in [3.05, 3.63) is 0 Å². The fourth-order valence-corrected chi connectivity index (χ4v) is 2.43. The first-order valence-corrected chi connectivity index (χ1v) is 7.50. The Bertz CT molecular complexity index is 369. The number of hydrogen-bond acceptors (Lipinski definition) is 3. The van der Waals surface area contributed by atoms with E-state index in [0.717, 1.165) is 19.4 Å². The Morgan fingerprint density at radius 2 is 1.67 bits per heavy atom. The highest BCUT2D eigenvalue weighted by Gasteiger charge is 2.28. The molecule has 1 fully saturated rings. The molecule has 0 aromatic heterocycles. The van der Waals surface area contributed by atoms with Crippen LogP contribution in [0.25, 0.3) is 0 Å². The van der Waals surface area contributed by atoms with Crippen molar-refractivity contribution in [2.24, 2.45) is 5.92 Å². The molecule has 0 unspecified atom stereocenters. The first-order valence-electron chi connectivity index (χ1n) is 7.50. The van der Waals surface area contributed by atoms with Gasteiger partial charge < -0.3 is 19.4 Å². The Kier molecular flexibility index (Phi) is 5.87. The zero-order valence-electron chi connectivity index (χ0n) is 14.2. The first-order chi connectivity index (χ1) is 9.60. The van der Waals surface area contributed by atoms with Crippen molar-refractivity contribution in [2.75, 3.05) is 40.8 Å². The van der Waals surface area contributed by atoms with E-state index < -0.39 is 5.60 Å². The molecular formula is C15H29N3O3. The van der Waals surface area contributed by atoms with Crippen molar-refractivity contribution in [1.82, 2.24) is 14.7 Å². The van der Waals surface area contributed by atoms with Gasteiger partial charge in [-0.3, -0.25) is 0 Å². The molecule has 0 atom stereocenters. The third kappa shape index (κ3) is 5.81. The summed E-state index contributed by atoms with van der Waals surface area (Å²) in [5, 5.41) is 0. The van der Waals surface area contributed by atoms with E-state index in [-0.39, 0.29) is 12.1 Å². The maximum Gasteiger partial charge on any atom is 0.410 e. The highest BCUT2D eigenvalue weighted by Crippen LogP contribution is 2.20. The van der Waals surface area contributed by atoms with E-state index in [1.165, 1.54) is 0 Å². The third-order valence-electron chi connectivity index (χ3n) is 3.51. The van der Waals surface area contributed by atoms with Crippen LogP contribution in [0, 0.1) is 5.92 Å². The minimum atomic E-state index is -0.452. The van der Waals surface area contributed by atoms with Gasteiger partial charge in [-0.05, 0) is 39.5 Å². The normalized spacial score (nSPS) is 16.6. The summed E-state index contributed by atoms with van der Waals surface area (Å²) in [5.41, 5.74) is -0.452. The second kappa shape index (κ2) is 7.00. The molecule has 1 aliphatic heterocycles. The first kappa shape index (κ1) is 17.6. The van der Waals surface area contributed by atoms with Crippen LogP contribution in [-0.2, 0) is 4.74 Å². The number of piperidine rings is 1. The van der Waals surface area contributed by atoms with Crippen LogP contribution in [0.1, 0.15) is 33.6 Å². The molecule has 0 N–H and O–H groups in total. The van der Waals surface area contributed by atoms with Gasteiger partial charge in [-0.2, -0.15) is 0 Å². The predicted octanol–water partition coefficient (Wildman–Crippen LogP) is 2.25. The Hall–Kier alpha value is -1.46. The number of rotatable bonds is 2. The second-order valence-electron chi connectivity index (χ2n) is 6.97. The van der Waals surface area contributed by atoms with Crippen molar-refractivity contribution in [3.8, 4) is 0 Å². The maximum atomic E-state index is 12.0. The Morgan fingerprint density at radius 3 is 2.10 bits per heavy atom. The van der Waals surface area contributed by atoms with Crippen molar-refractivity contribution < 1.29 is 14.3 Å². The van der Waals surface area contributed by atoms with Crippen LogP contribution < -0.4 is 0 Å². The summed E-state index contributed by atoms with van der Waals surface area (Å²) in [5.74, 6) is 0.442. The summed E-state index contributed by atoms with van der Waals surface area (Å²) in [6.45, 7) is 7.75. The molecular weight excluding hydrogens is 270 g/mol. The summed E-state index contributed by atoms with van der Waals surface area (Å²) < 4.78 is 5.38. The van der Waals surface area contributed by atoms with Gasteiger partial charge in [-0.25, -0.2) is 9.59 Å². The maximum absolute atomic E-state index is 12.0. The minimum Gasteiger partial charge on any atom is -0.444 e. The lowest BCUT2D eigenvalue weighted by atomic mass is 9.96. The summed E-state index contributed by atoms with van der Waals surface area (Å²) in [7, 11) is 5.33. The molecule has 0 saturated carbocycles. The molecule has 3 amide bonds. The van der Waals surface area contributed by atoms with Gasteiger partial charge in [-0.1, -0.05) is 0 Å². The summed E-state index contributed by atoms with van der Waals surface area (Å²) >= 11 is 0. The molecule has 6 nitrogen and oxygen atoms in total. The van der Waals surface area contributed by atoms with Crippen LogP contribution >= 0.6 is 0 Å². The molecule has 0 aliphatic carbocycles. The van der Waals surface area contributed by atoms with Crippen LogP contribution in [-0.4, -0.2) is 73.2 Å². The molecule has 1 saturated heterocycles. The van der Waals surface area contributed by atoms with E-state index in [1.54, 1.807) is 28.8 Å². The average Bonchev–Trinajstić information content (AvgIpc) is 2.36. The van der Waals surface area contributed by atoms with Gasteiger partial charge >= 0.3 is 12.1 Å². The van der Waals surface area contributed by atoms with Gasteiger partial charge in [0, 0.05) is 40.8 Å². The Balaban J connectivity index is 2.39.